The van der Waals surface area contributed by atoms with Gasteiger partial charge in [-0.3, -0.25) is 9.59 Å². The molecule has 1 aliphatic rings. The first kappa shape index (κ1) is 20.6. The van der Waals surface area contributed by atoms with E-state index in [1.165, 1.54) is 11.3 Å². The highest BCUT2D eigenvalue weighted by Crippen LogP contribution is 2.27. The van der Waals surface area contributed by atoms with Crippen molar-refractivity contribution in [2.75, 3.05) is 13.1 Å². The number of carbonyl (C=O) groups excluding carboxylic acids is 2. The van der Waals surface area contributed by atoms with Crippen molar-refractivity contribution in [3.63, 3.8) is 0 Å². The lowest BCUT2D eigenvalue weighted by Gasteiger charge is -2.32. The molecule has 3 aromatic rings. The van der Waals surface area contributed by atoms with Crippen LogP contribution in [0.1, 0.15) is 39.3 Å². The van der Waals surface area contributed by atoms with Crippen molar-refractivity contribution < 1.29 is 9.59 Å². The van der Waals surface area contributed by atoms with Crippen LogP contribution in [-0.4, -0.2) is 40.8 Å². The Hall–Kier alpha value is -2.70. The van der Waals surface area contributed by atoms with Gasteiger partial charge >= 0.3 is 0 Å². The smallest absolute Gasteiger partial charge is 0.273 e. The van der Waals surface area contributed by atoms with E-state index in [2.05, 4.69) is 10.3 Å². The van der Waals surface area contributed by atoms with E-state index in [0.717, 1.165) is 29.0 Å². The quantitative estimate of drug-likeness (QED) is 0.634. The molecule has 0 aliphatic carbocycles. The van der Waals surface area contributed by atoms with Gasteiger partial charge in [-0.2, -0.15) is 0 Å². The minimum Gasteiger partial charge on any atom is -0.349 e. The molecule has 1 N–H and O–H groups in total. The fourth-order valence-electron chi connectivity index (χ4n) is 3.61. The Labute approximate surface area is 184 Å². The minimum atomic E-state index is -0.0665. The monoisotopic (exact) mass is 439 g/mol. The zero-order chi connectivity index (χ0) is 21.1. The molecule has 0 spiro atoms. The van der Waals surface area contributed by atoms with Crippen molar-refractivity contribution >= 4 is 34.8 Å². The van der Waals surface area contributed by atoms with Crippen molar-refractivity contribution in [1.82, 2.24) is 15.2 Å². The summed E-state index contributed by atoms with van der Waals surface area (Å²) in [5, 5.41) is 6.32. The summed E-state index contributed by atoms with van der Waals surface area (Å²) in [6.07, 6.45) is 1.46. The van der Waals surface area contributed by atoms with Crippen LogP contribution >= 0.6 is 22.9 Å². The van der Waals surface area contributed by atoms with Crippen molar-refractivity contribution in [3.8, 4) is 10.6 Å². The average molecular weight is 440 g/mol. The normalized spacial score (nSPS) is 14.5. The van der Waals surface area contributed by atoms with Crippen molar-refractivity contribution in [3.05, 3.63) is 75.8 Å². The van der Waals surface area contributed by atoms with Gasteiger partial charge in [0, 0.05) is 40.7 Å². The zero-order valence-electron chi connectivity index (χ0n) is 16.6. The molecule has 0 atom stereocenters. The van der Waals surface area contributed by atoms with Gasteiger partial charge in [-0.1, -0.05) is 41.9 Å². The lowest BCUT2D eigenvalue weighted by Crippen LogP contribution is -2.46. The molecule has 4 rings (SSSR count). The first-order valence-corrected chi connectivity index (χ1v) is 11.1. The molecule has 7 heteroatoms. The maximum atomic E-state index is 12.9. The predicted molar refractivity (Wildman–Crippen MR) is 120 cm³/mol. The van der Waals surface area contributed by atoms with E-state index in [0.29, 0.717) is 29.4 Å². The molecule has 1 aliphatic heterocycles. The standard InChI is InChI=1S/C23H22ClN3O2S/c1-15-5-2-3-8-19(15)21(28)25-18-9-11-27(12-10-18)23(29)20-14-30-22(26-20)16-6-4-7-17(24)13-16/h2-8,13-14,18H,9-12H2,1H3,(H,25,28). The summed E-state index contributed by atoms with van der Waals surface area (Å²) in [6, 6.07) is 15.1. The van der Waals surface area contributed by atoms with Gasteiger partial charge in [-0.15, -0.1) is 11.3 Å². The fourth-order valence-corrected chi connectivity index (χ4v) is 4.59. The molecule has 0 bridgehead atoms. The second kappa shape index (κ2) is 8.98. The molecule has 5 nitrogen and oxygen atoms in total. The lowest BCUT2D eigenvalue weighted by atomic mass is 10.0. The molecular weight excluding hydrogens is 418 g/mol. The van der Waals surface area contributed by atoms with E-state index in [4.69, 9.17) is 11.6 Å². The topological polar surface area (TPSA) is 62.3 Å². The Balaban J connectivity index is 1.35. The number of hydrogen-bond donors (Lipinski definition) is 1. The van der Waals surface area contributed by atoms with Crippen molar-refractivity contribution in [2.45, 2.75) is 25.8 Å². The minimum absolute atomic E-state index is 0.0523. The molecule has 0 radical (unpaired) electrons. The van der Waals surface area contributed by atoms with Gasteiger partial charge in [0.25, 0.3) is 11.8 Å². The Kier molecular flexibility index (Phi) is 6.16. The van der Waals surface area contributed by atoms with Crippen LogP contribution in [0, 0.1) is 6.92 Å². The Morgan fingerprint density at radius 2 is 1.90 bits per heavy atom. The summed E-state index contributed by atoms with van der Waals surface area (Å²) >= 11 is 7.49. The van der Waals surface area contributed by atoms with Gasteiger partial charge in [0.15, 0.2) is 0 Å². The SMILES string of the molecule is Cc1ccccc1C(=O)NC1CCN(C(=O)c2csc(-c3cccc(Cl)c3)n2)CC1. The second-order valence-corrected chi connectivity index (χ2v) is 8.70. The number of nitrogens with one attached hydrogen (secondary N) is 1. The summed E-state index contributed by atoms with van der Waals surface area (Å²) in [7, 11) is 0. The summed E-state index contributed by atoms with van der Waals surface area (Å²) in [5.41, 5.74) is 3.02. The van der Waals surface area contributed by atoms with Crippen LogP contribution in [0.5, 0.6) is 0 Å². The number of carbonyl (C=O) groups is 2. The van der Waals surface area contributed by atoms with E-state index in [1.54, 1.807) is 5.38 Å². The number of amides is 2. The first-order valence-electron chi connectivity index (χ1n) is 9.88. The molecule has 2 aromatic carbocycles. The number of aryl methyl sites for hydroxylation is 1. The van der Waals surface area contributed by atoms with E-state index in [9.17, 15) is 9.59 Å². The van der Waals surface area contributed by atoms with E-state index < -0.39 is 0 Å². The van der Waals surface area contributed by atoms with E-state index >= 15 is 0 Å². The lowest BCUT2D eigenvalue weighted by molar-refractivity contribution is 0.0693. The second-order valence-electron chi connectivity index (χ2n) is 7.40. The number of likely N-dealkylation sites (tertiary alicyclic amines) is 1. The van der Waals surface area contributed by atoms with Crippen LogP contribution in [0.4, 0.5) is 0 Å². The van der Waals surface area contributed by atoms with Crippen LogP contribution in [0.3, 0.4) is 0 Å². The van der Waals surface area contributed by atoms with E-state index in [-0.39, 0.29) is 17.9 Å². The number of thiazole rings is 1. The fraction of sp³-hybridized carbons (Fsp3) is 0.261. The van der Waals surface area contributed by atoms with Crippen LogP contribution in [0.25, 0.3) is 10.6 Å². The number of halogens is 1. The highest BCUT2D eigenvalue weighted by Gasteiger charge is 2.26. The molecule has 1 aromatic heterocycles. The predicted octanol–water partition coefficient (Wildman–Crippen LogP) is 4.81. The third kappa shape index (κ3) is 4.55. The molecule has 1 fully saturated rings. The number of hydrogen-bond acceptors (Lipinski definition) is 4. The Morgan fingerprint density at radius 3 is 2.63 bits per heavy atom. The van der Waals surface area contributed by atoms with Crippen LogP contribution in [0.15, 0.2) is 53.9 Å². The number of rotatable bonds is 4. The first-order chi connectivity index (χ1) is 14.5. The van der Waals surface area contributed by atoms with Gasteiger partial charge in [-0.25, -0.2) is 4.98 Å². The Morgan fingerprint density at radius 1 is 1.13 bits per heavy atom. The number of nitrogens with zero attached hydrogens (tertiary/aromatic N) is 2. The molecule has 2 amide bonds. The Bertz CT molecular complexity index is 1070. The molecule has 0 unspecified atom stereocenters. The maximum absolute atomic E-state index is 12.9. The number of benzene rings is 2. The largest absolute Gasteiger partial charge is 0.349 e. The molecule has 2 heterocycles. The van der Waals surface area contributed by atoms with Crippen LogP contribution in [-0.2, 0) is 0 Å². The number of piperidine rings is 1. The summed E-state index contributed by atoms with van der Waals surface area (Å²) < 4.78 is 0. The molecular formula is C23H22ClN3O2S. The van der Waals surface area contributed by atoms with Gasteiger partial charge in [-0.05, 0) is 43.5 Å². The molecule has 0 saturated carbocycles. The summed E-state index contributed by atoms with van der Waals surface area (Å²) in [5.74, 6) is -0.119. The third-order valence-electron chi connectivity index (χ3n) is 5.30. The van der Waals surface area contributed by atoms with Crippen molar-refractivity contribution in [1.29, 1.82) is 0 Å². The molecule has 30 heavy (non-hydrogen) atoms. The maximum Gasteiger partial charge on any atom is 0.273 e. The van der Waals surface area contributed by atoms with Gasteiger partial charge in [0.2, 0.25) is 0 Å². The zero-order valence-corrected chi connectivity index (χ0v) is 18.2. The van der Waals surface area contributed by atoms with Crippen LogP contribution < -0.4 is 5.32 Å². The number of aromatic nitrogens is 1. The molecule has 154 valence electrons. The van der Waals surface area contributed by atoms with E-state index in [1.807, 2.05) is 60.4 Å². The third-order valence-corrected chi connectivity index (χ3v) is 6.43. The van der Waals surface area contributed by atoms with Crippen molar-refractivity contribution in [2.24, 2.45) is 0 Å². The summed E-state index contributed by atoms with van der Waals surface area (Å²) in [4.78, 5) is 31.7. The highest BCUT2D eigenvalue weighted by atomic mass is 35.5. The highest BCUT2D eigenvalue weighted by molar-refractivity contribution is 7.13. The molecule has 1 saturated heterocycles. The average Bonchev–Trinajstić information content (AvgIpc) is 3.24. The summed E-state index contributed by atoms with van der Waals surface area (Å²) in [6.45, 7) is 3.13. The van der Waals surface area contributed by atoms with Gasteiger partial charge in [0.1, 0.15) is 10.7 Å². The van der Waals surface area contributed by atoms with Gasteiger partial charge < -0.3 is 10.2 Å². The van der Waals surface area contributed by atoms with Crippen LogP contribution in [0.2, 0.25) is 5.02 Å². The van der Waals surface area contributed by atoms with Gasteiger partial charge in [0.05, 0.1) is 0 Å².